The number of hydrogen-bond acceptors (Lipinski definition) is 6. The molecular weight excluding hydrogens is 411 g/mol. The van der Waals surface area contributed by atoms with Crippen molar-refractivity contribution >= 4 is 28.0 Å². The predicted octanol–water partition coefficient (Wildman–Crippen LogP) is 2.71. The SMILES string of the molecule is Nc1nc(-c2nn(Cc3ccccc3F)c3ncccc23)nc2c1[nH]c(=O)n2CC1CC1. The Morgan fingerprint density at radius 1 is 1.12 bits per heavy atom. The molecular formula is C22H19FN8O. The summed E-state index contributed by atoms with van der Waals surface area (Å²) in [5, 5.41) is 5.38. The molecule has 4 aromatic heterocycles. The van der Waals surface area contributed by atoms with E-state index in [2.05, 4.69) is 25.0 Å². The summed E-state index contributed by atoms with van der Waals surface area (Å²) in [5.74, 6) is 0.643. The molecule has 1 aromatic carbocycles. The maximum Gasteiger partial charge on any atom is 0.327 e. The fourth-order valence-corrected chi connectivity index (χ4v) is 3.96. The molecule has 0 amide bonds. The van der Waals surface area contributed by atoms with Crippen molar-refractivity contribution in [3.8, 4) is 11.5 Å². The number of nitrogen functional groups attached to an aromatic ring is 1. The van der Waals surface area contributed by atoms with Gasteiger partial charge in [0.25, 0.3) is 0 Å². The molecule has 3 N–H and O–H groups in total. The van der Waals surface area contributed by atoms with Gasteiger partial charge >= 0.3 is 5.69 Å². The lowest BCUT2D eigenvalue weighted by Crippen LogP contribution is -2.18. The van der Waals surface area contributed by atoms with Crippen LogP contribution in [0, 0.1) is 11.7 Å². The Morgan fingerprint density at radius 3 is 2.78 bits per heavy atom. The summed E-state index contributed by atoms with van der Waals surface area (Å²) in [5.41, 5.74) is 8.37. The van der Waals surface area contributed by atoms with Crippen LogP contribution in [0.1, 0.15) is 18.4 Å². The van der Waals surface area contributed by atoms with Gasteiger partial charge in [0.15, 0.2) is 22.9 Å². The highest BCUT2D eigenvalue weighted by molar-refractivity contribution is 5.91. The van der Waals surface area contributed by atoms with Gasteiger partial charge in [0.05, 0.1) is 11.9 Å². The van der Waals surface area contributed by atoms with E-state index in [0.29, 0.717) is 51.7 Å². The highest BCUT2D eigenvalue weighted by Crippen LogP contribution is 2.32. The van der Waals surface area contributed by atoms with E-state index in [9.17, 15) is 9.18 Å². The molecule has 1 saturated carbocycles. The van der Waals surface area contributed by atoms with Gasteiger partial charge in [-0.3, -0.25) is 4.57 Å². The van der Waals surface area contributed by atoms with Gasteiger partial charge < -0.3 is 10.7 Å². The van der Waals surface area contributed by atoms with Crippen molar-refractivity contribution in [1.82, 2.24) is 34.3 Å². The van der Waals surface area contributed by atoms with Crippen LogP contribution in [-0.2, 0) is 13.1 Å². The van der Waals surface area contributed by atoms with Gasteiger partial charge in [0.2, 0.25) is 0 Å². The summed E-state index contributed by atoms with van der Waals surface area (Å²) >= 11 is 0. The van der Waals surface area contributed by atoms with Gasteiger partial charge in [-0.15, -0.1) is 0 Å². The number of fused-ring (bicyclic) bond motifs is 2. The summed E-state index contributed by atoms with van der Waals surface area (Å²) in [7, 11) is 0. The zero-order valence-electron chi connectivity index (χ0n) is 17.0. The Bertz CT molecular complexity index is 1550. The molecule has 32 heavy (non-hydrogen) atoms. The predicted molar refractivity (Wildman–Crippen MR) is 117 cm³/mol. The van der Waals surface area contributed by atoms with Gasteiger partial charge in [0.1, 0.15) is 17.0 Å². The lowest BCUT2D eigenvalue weighted by Gasteiger charge is -2.04. The molecule has 1 fully saturated rings. The van der Waals surface area contributed by atoms with Crippen molar-refractivity contribution in [3.63, 3.8) is 0 Å². The van der Waals surface area contributed by atoms with Gasteiger partial charge in [-0.25, -0.2) is 28.8 Å². The molecule has 4 heterocycles. The Balaban J connectivity index is 1.52. The van der Waals surface area contributed by atoms with Crippen LogP contribution >= 0.6 is 0 Å². The fourth-order valence-electron chi connectivity index (χ4n) is 3.96. The van der Waals surface area contributed by atoms with Crippen LogP contribution in [0.4, 0.5) is 10.2 Å². The number of anilines is 1. The minimum absolute atomic E-state index is 0.178. The quantitative estimate of drug-likeness (QED) is 0.442. The van der Waals surface area contributed by atoms with Crippen LogP contribution in [-0.4, -0.2) is 34.3 Å². The first-order valence-corrected chi connectivity index (χ1v) is 10.4. The number of benzene rings is 1. The standard InChI is InChI=1S/C22H19FN8O/c23-15-6-2-1-4-13(15)11-31-20-14(5-3-9-25-20)16(29-31)19-27-18(24)17-21(28-19)30(22(32)26-17)10-12-7-8-12/h1-6,9,12H,7-8,10-11H2,(H,26,32)(H2,24,27,28). The molecule has 9 nitrogen and oxygen atoms in total. The maximum atomic E-state index is 14.2. The topological polar surface area (TPSA) is 120 Å². The molecule has 160 valence electrons. The number of nitrogens with zero attached hydrogens (tertiary/aromatic N) is 6. The van der Waals surface area contributed by atoms with E-state index in [0.717, 1.165) is 12.8 Å². The number of rotatable bonds is 5. The molecule has 5 aromatic rings. The van der Waals surface area contributed by atoms with E-state index < -0.39 is 0 Å². The number of nitrogens with two attached hydrogens (primary N) is 1. The van der Waals surface area contributed by atoms with Gasteiger partial charge in [0, 0.05) is 18.3 Å². The lowest BCUT2D eigenvalue weighted by atomic mass is 10.2. The van der Waals surface area contributed by atoms with Gasteiger partial charge in [-0.1, -0.05) is 18.2 Å². The summed E-state index contributed by atoms with van der Waals surface area (Å²) in [4.78, 5) is 28.7. The van der Waals surface area contributed by atoms with E-state index in [-0.39, 0.29) is 23.9 Å². The maximum absolute atomic E-state index is 14.2. The molecule has 0 unspecified atom stereocenters. The molecule has 0 saturated heterocycles. The van der Waals surface area contributed by atoms with Crippen LogP contribution in [0.2, 0.25) is 0 Å². The molecule has 1 aliphatic rings. The summed E-state index contributed by atoms with van der Waals surface area (Å²) in [6, 6.07) is 10.2. The van der Waals surface area contributed by atoms with Crippen molar-refractivity contribution in [2.75, 3.05) is 5.73 Å². The first kappa shape index (κ1) is 18.7. The molecule has 0 spiro atoms. The molecule has 0 radical (unpaired) electrons. The van der Waals surface area contributed by atoms with Crippen LogP contribution in [0.15, 0.2) is 47.4 Å². The number of aromatic nitrogens is 7. The number of aromatic amines is 1. The fraction of sp³-hybridized carbons (Fsp3) is 0.227. The molecule has 6 rings (SSSR count). The van der Waals surface area contributed by atoms with Crippen LogP contribution in [0.5, 0.6) is 0 Å². The molecule has 1 aliphatic carbocycles. The van der Waals surface area contributed by atoms with Crippen molar-refractivity contribution in [3.05, 3.63) is 64.5 Å². The van der Waals surface area contributed by atoms with Crippen molar-refractivity contribution < 1.29 is 4.39 Å². The second-order valence-electron chi connectivity index (χ2n) is 8.09. The average molecular weight is 430 g/mol. The van der Waals surface area contributed by atoms with Crippen LogP contribution in [0.25, 0.3) is 33.7 Å². The van der Waals surface area contributed by atoms with Gasteiger partial charge in [-0.2, -0.15) is 5.10 Å². The molecule has 0 atom stereocenters. The minimum atomic E-state index is -0.313. The average Bonchev–Trinajstić information content (AvgIpc) is 3.47. The number of halogens is 1. The van der Waals surface area contributed by atoms with E-state index in [1.54, 1.807) is 39.7 Å². The minimum Gasteiger partial charge on any atom is -0.382 e. The third-order valence-electron chi connectivity index (χ3n) is 5.79. The normalized spacial score (nSPS) is 13.9. The van der Waals surface area contributed by atoms with E-state index in [1.807, 2.05) is 6.07 Å². The number of hydrogen-bond donors (Lipinski definition) is 2. The first-order valence-electron chi connectivity index (χ1n) is 10.4. The third-order valence-corrected chi connectivity index (χ3v) is 5.79. The van der Waals surface area contributed by atoms with Crippen LogP contribution < -0.4 is 11.4 Å². The Kier molecular flexibility index (Phi) is 4.07. The first-order chi connectivity index (χ1) is 15.6. The summed E-state index contributed by atoms with van der Waals surface area (Å²) < 4.78 is 17.5. The van der Waals surface area contributed by atoms with Crippen molar-refractivity contribution in [1.29, 1.82) is 0 Å². The molecule has 0 aliphatic heterocycles. The second kappa shape index (κ2) is 6.98. The lowest BCUT2D eigenvalue weighted by molar-refractivity contribution is 0.589. The highest BCUT2D eigenvalue weighted by atomic mass is 19.1. The van der Waals surface area contributed by atoms with E-state index in [1.165, 1.54) is 6.07 Å². The van der Waals surface area contributed by atoms with Gasteiger partial charge in [-0.05, 0) is 37.0 Å². The molecule has 10 heteroatoms. The summed E-state index contributed by atoms with van der Waals surface area (Å²) in [6.07, 6.45) is 3.86. The Labute approximate surface area is 180 Å². The number of imidazole rings is 1. The van der Waals surface area contributed by atoms with E-state index in [4.69, 9.17) is 5.73 Å². The van der Waals surface area contributed by atoms with E-state index >= 15 is 0 Å². The second-order valence-corrected chi connectivity index (χ2v) is 8.09. The molecule has 0 bridgehead atoms. The summed E-state index contributed by atoms with van der Waals surface area (Å²) in [6.45, 7) is 0.799. The Hall–Kier alpha value is -4.08. The third kappa shape index (κ3) is 3.03. The van der Waals surface area contributed by atoms with Crippen molar-refractivity contribution in [2.24, 2.45) is 5.92 Å². The van der Waals surface area contributed by atoms with Crippen molar-refractivity contribution in [2.45, 2.75) is 25.9 Å². The monoisotopic (exact) mass is 430 g/mol. The number of H-pyrrole nitrogens is 1. The zero-order chi connectivity index (χ0) is 21.8. The van der Waals surface area contributed by atoms with Crippen LogP contribution in [0.3, 0.4) is 0 Å². The zero-order valence-corrected chi connectivity index (χ0v) is 17.0. The smallest absolute Gasteiger partial charge is 0.327 e. The highest BCUT2D eigenvalue weighted by Gasteiger charge is 2.25. The Morgan fingerprint density at radius 2 is 1.97 bits per heavy atom. The largest absolute Gasteiger partial charge is 0.382 e. The number of pyridine rings is 1. The number of nitrogens with one attached hydrogen (secondary N) is 1.